The molecule has 0 fully saturated rings. The molecular formula is C19H22N2O4. The number of carbonyl (C=O) groups is 2. The largest absolute Gasteiger partial charge is 0.479 e. The summed E-state index contributed by atoms with van der Waals surface area (Å²) in [5.74, 6) is 1.28. The van der Waals surface area contributed by atoms with E-state index in [1.807, 2.05) is 43.3 Å². The van der Waals surface area contributed by atoms with Crippen molar-refractivity contribution in [3.8, 4) is 5.75 Å². The quantitative estimate of drug-likeness (QED) is 0.876. The lowest BCUT2D eigenvalue weighted by atomic mass is 10.1. The molecule has 25 heavy (non-hydrogen) atoms. The zero-order valence-electron chi connectivity index (χ0n) is 14.4. The predicted molar refractivity (Wildman–Crippen MR) is 93.5 cm³/mol. The Hall–Kier alpha value is -2.76. The molecule has 2 heterocycles. The number of ether oxygens (including phenoxy) is 1. The third kappa shape index (κ3) is 4.02. The molecule has 1 aliphatic rings. The normalized spacial score (nSPS) is 17.6. The van der Waals surface area contributed by atoms with Gasteiger partial charge in [0.25, 0.3) is 5.91 Å². The van der Waals surface area contributed by atoms with E-state index in [9.17, 15) is 9.59 Å². The van der Waals surface area contributed by atoms with Crippen molar-refractivity contribution in [2.24, 2.45) is 0 Å². The van der Waals surface area contributed by atoms with Gasteiger partial charge in [0.1, 0.15) is 11.5 Å². The van der Waals surface area contributed by atoms with Gasteiger partial charge in [-0.15, -0.1) is 0 Å². The molecule has 1 aliphatic heterocycles. The van der Waals surface area contributed by atoms with Crippen LogP contribution in [0.2, 0.25) is 0 Å². The van der Waals surface area contributed by atoms with Gasteiger partial charge in [-0.1, -0.05) is 12.1 Å². The van der Waals surface area contributed by atoms with E-state index >= 15 is 0 Å². The number of rotatable bonds is 6. The Balaban J connectivity index is 1.57. The van der Waals surface area contributed by atoms with E-state index in [-0.39, 0.29) is 24.3 Å². The summed E-state index contributed by atoms with van der Waals surface area (Å²) in [6.07, 6.45) is 1.94. The number of carbonyl (C=O) groups excluding carboxylic acids is 2. The van der Waals surface area contributed by atoms with Crippen molar-refractivity contribution < 1.29 is 18.7 Å². The van der Waals surface area contributed by atoms with Crippen molar-refractivity contribution >= 4 is 17.5 Å². The first kappa shape index (κ1) is 17.1. The molecule has 0 saturated heterocycles. The number of amides is 2. The topological polar surface area (TPSA) is 71.8 Å². The highest BCUT2D eigenvalue weighted by Crippen LogP contribution is 2.33. The molecule has 2 amide bonds. The Bertz CT molecular complexity index is 742. The average molecular weight is 342 g/mol. The Morgan fingerprint density at radius 3 is 2.84 bits per heavy atom. The molecule has 2 aromatic rings. The highest BCUT2D eigenvalue weighted by atomic mass is 16.5. The number of furan rings is 1. The molecule has 0 bridgehead atoms. The Labute approximate surface area is 146 Å². The van der Waals surface area contributed by atoms with Crippen molar-refractivity contribution in [1.82, 2.24) is 5.32 Å². The molecule has 0 spiro atoms. The predicted octanol–water partition coefficient (Wildman–Crippen LogP) is 2.53. The van der Waals surface area contributed by atoms with Crippen LogP contribution in [0.4, 0.5) is 5.69 Å². The summed E-state index contributed by atoms with van der Waals surface area (Å²) in [5, 5.41) is 2.94. The van der Waals surface area contributed by atoms with Crippen molar-refractivity contribution in [3.63, 3.8) is 0 Å². The lowest BCUT2D eigenvalue weighted by molar-refractivity contribution is -0.125. The Kier molecular flexibility index (Phi) is 5.07. The number of anilines is 1. The van der Waals surface area contributed by atoms with Crippen LogP contribution in [0.25, 0.3) is 0 Å². The molecule has 3 rings (SSSR count). The van der Waals surface area contributed by atoms with E-state index in [1.54, 1.807) is 18.1 Å². The van der Waals surface area contributed by atoms with Crippen LogP contribution in [-0.4, -0.2) is 30.5 Å². The first-order valence-corrected chi connectivity index (χ1v) is 8.43. The summed E-state index contributed by atoms with van der Waals surface area (Å²) in [6.45, 7) is 3.97. The summed E-state index contributed by atoms with van der Waals surface area (Å²) in [5.41, 5.74) is 0.710. The summed E-state index contributed by atoms with van der Waals surface area (Å²) >= 11 is 0. The lowest BCUT2D eigenvalue weighted by Gasteiger charge is -2.32. The van der Waals surface area contributed by atoms with Gasteiger partial charge in [-0.3, -0.25) is 9.59 Å². The zero-order chi connectivity index (χ0) is 17.8. The molecule has 0 unspecified atom stereocenters. The summed E-state index contributed by atoms with van der Waals surface area (Å²) in [6, 6.07) is 11.0. The van der Waals surface area contributed by atoms with Crippen molar-refractivity contribution in [2.45, 2.75) is 38.8 Å². The maximum Gasteiger partial charge on any atom is 0.267 e. The second-order valence-electron chi connectivity index (χ2n) is 6.22. The van der Waals surface area contributed by atoms with E-state index in [2.05, 4.69) is 5.32 Å². The monoisotopic (exact) mass is 342 g/mol. The molecule has 1 aromatic heterocycles. The minimum atomic E-state index is -0.546. The van der Waals surface area contributed by atoms with Crippen molar-refractivity contribution in [2.75, 3.05) is 11.4 Å². The van der Waals surface area contributed by atoms with Crippen molar-refractivity contribution in [1.29, 1.82) is 0 Å². The fourth-order valence-corrected chi connectivity index (χ4v) is 2.93. The Morgan fingerprint density at radius 2 is 2.08 bits per heavy atom. The minimum Gasteiger partial charge on any atom is -0.479 e. The van der Waals surface area contributed by atoms with E-state index in [1.165, 1.54) is 0 Å². The number of nitrogens with zero attached hydrogens (tertiary/aromatic N) is 1. The summed E-state index contributed by atoms with van der Waals surface area (Å²) < 4.78 is 10.9. The van der Waals surface area contributed by atoms with Gasteiger partial charge >= 0.3 is 0 Å². The SMILES string of the molecule is C[C@@H](Cc1ccco1)NC(=O)CCN1C(=O)[C@@H](C)Oc2ccccc21. The fourth-order valence-electron chi connectivity index (χ4n) is 2.93. The van der Waals surface area contributed by atoms with Crippen LogP contribution in [0.5, 0.6) is 5.75 Å². The van der Waals surface area contributed by atoms with Gasteiger partial charge in [-0.05, 0) is 38.1 Å². The van der Waals surface area contributed by atoms with Crippen LogP contribution in [0, 0.1) is 0 Å². The maximum absolute atomic E-state index is 12.4. The van der Waals surface area contributed by atoms with Crippen LogP contribution < -0.4 is 15.0 Å². The van der Waals surface area contributed by atoms with Gasteiger partial charge in [-0.25, -0.2) is 0 Å². The molecule has 1 aromatic carbocycles. The van der Waals surface area contributed by atoms with Crippen LogP contribution in [0.15, 0.2) is 47.1 Å². The highest BCUT2D eigenvalue weighted by molar-refractivity contribution is 6.00. The number of nitrogens with one attached hydrogen (secondary N) is 1. The third-order valence-electron chi connectivity index (χ3n) is 4.13. The Morgan fingerprint density at radius 1 is 1.28 bits per heavy atom. The van der Waals surface area contributed by atoms with Crippen LogP contribution >= 0.6 is 0 Å². The van der Waals surface area contributed by atoms with E-state index in [0.717, 1.165) is 5.76 Å². The maximum atomic E-state index is 12.4. The van der Waals surface area contributed by atoms with Crippen LogP contribution in [0.3, 0.4) is 0 Å². The van der Waals surface area contributed by atoms with Crippen molar-refractivity contribution in [3.05, 3.63) is 48.4 Å². The number of benzene rings is 1. The van der Waals surface area contributed by atoms with Gasteiger partial charge < -0.3 is 19.4 Å². The van der Waals surface area contributed by atoms with E-state index in [4.69, 9.17) is 9.15 Å². The van der Waals surface area contributed by atoms with Gasteiger partial charge in [0.05, 0.1) is 12.0 Å². The minimum absolute atomic E-state index is 0.0368. The second kappa shape index (κ2) is 7.42. The highest BCUT2D eigenvalue weighted by Gasteiger charge is 2.31. The molecule has 2 atom stereocenters. The molecule has 6 nitrogen and oxygen atoms in total. The van der Waals surface area contributed by atoms with Crippen LogP contribution in [0.1, 0.15) is 26.0 Å². The van der Waals surface area contributed by atoms with E-state index in [0.29, 0.717) is 24.4 Å². The summed E-state index contributed by atoms with van der Waals surface area (Å²) in [4.78, 5) is 26.2. The molecule has 0 aliphatic carbocycles. The number of hydrogen-bond donors (Lipinski definition) is 1. The lowest BCUT2D eigenvalue weighted by Crippen LogP contribution is -2.46. The van der Waals surface area contributed by atoms with Crippen LogP contribution in [-0.2, 0) is 16.0 Å². The fraction of sp³-hybridized carbons (Fsp3) is 0.368. The number of para-hydroxylation sites is 2. The molecule has 0 radical (unpaired) electrons. The zero-order valence-corrected chi connectivity index (χ0v) is 14.4. The van der Waals surface area contributed by atoms with E-state index < -0.39 is 6.10 Å². The first-order chi connectivity index (χ1) is 12.0. The van der Waals surface area contributed by atoms with Gasteiger partial charge in [0.15, 0.2) is 6.10 Å². The molecule has 1 N–H and O–H groups in total. The first-order valence-electron chi connectivity index (χ1n) is 8.43. The standard InChI is InChI=1S/C19H22N2O4/c1-13(12-15-6-5-11-24-15)20-18(22)9-10-21-16-7-3-4-8-17(16)25-14(2)19(21)23/h3-8,11,13-14H,9-10,12H2,1-2H3,(H,20,22)/t13-,14+/m0/s1. The molecule has 132 valence electrons. The van der Waals surface area contributed by atoms with Gasteiger partial charge in [-0.2, -0.15) is 0 Å². The van der Waals surface area contributed by atoms with Gasteiger partial charge in [0, 0.05) is 25.4 Å². The molecular weight excluding hydrogens is 320 g/mol. The molecule has 0 saturated carbocycles. The average Bonchev–Trinajstić information content (AvgIpc) is 3.08. The smallest absolute Gasteiger partial charge is 0.267 e. The number of fused-ring (bicyclic) bond motifs is 1. The number of hydrogen-bond acceptors (Lipinski definition) is 4. The third-order valence-corrected chi connectivity index (χ3v) is 4.13. The summed E-state index contributed by atoms with van der Waals surface area (Å²) in [7, 11) is 0. The molecule has 6 heteroatoms. The van der Waals surface area contributed by atoms with Gasteiger partial charge in [0.2, 0.25) is 5.91 Å². The second-order valence-corrected chi connectivity index (χ2v) is 6.22.